The smallest absolute Gasteiger partial charge is 0.410 e. The average Bonchev–Trinajstić information content (AvgIpc) is 2.23. The minimum Gasteiger partial charge on any atom is -0.444 e. The molecule has 0 aromatic carbocycles. The van der Waals surface area contributed by atoms with Gasteiger partial charge in [-0.05, 0) is 41.5 Å². The summed E-state index contributed by atoms with van der Waals surface area (Å²) in [5, 5.41) is 0. The van der Waals surface area contributed by atoms with Gasteiger partial charge in [0.15, 0.2) is 0 Å². The summed E-state index contributed by atoms with van der Waals surface area (Å²) in [6.45, 7) is 11.4. The quantitative estimate of drug-likeness (QED) is 0.772. The van der Waals surface area contributed by atoms with Crippen molar-refractivity contribution in [2.24, 2.45) is 0 Å². The number of hydrogen-bond acceptors (Lipinski definition) is 5. The first-order chi connectivity index (χ1) is 9.30. The fourth-order valence-corrected chi connectivity index (χ4v) is 3.14. The third-order valence-corrected chi connectivity index (χ3v) is 4.27. The molecule has 1 aliphatic heterocycles. The van der Waals surface area contributed by atoms with Gasteiger partial charge in [-0.25, -0.2) is 4.79 Å². The zero-order chi connectivity index (χ0) is 16.5. The van der Waals surface area contributed by atoms with E-state index in [9.17, 15) is 13.2 Å². The van der Waals surface area contributed by atoms with Crippen LogP contribution in [0.4, 0.5) is 4.79 Å². The second-order valence-corrected chi connectivity index (χ2v) is 8.56. The fraction of sp³-hybridized carbons (Fsp3) is 0.923. The van der Waals surface area contributed by atoms with Crippen molar-refractivity contribution in [2.45, 2.75) is 52.7 Å². The molecule has 0 aromatic rings. The average molecular weight is 322 g/mol. The van der Waals surface area contributed by atoms with E-state index in [1.165, 1.54) is 9.21 Å². The number of carbonyl (C=O) groups excluding carboxylic acids is 1. The molecule has 1 aliphatic rings. The van der Waals surface area contributed by atoms with Crippen molar-refractivity contribution in [1.29, 1.82) is 0 Å². The van der Waals surface area contributed by atoms with Crippen LogP contribution in [0.5, 0.6) is 0 Å². The summed E-state index contributed by atoms with van der Waals surface area (Å²) in [5.74, 6) is 0. The molecule has 0 saturated carbocycles. The van der Waals surface area contributed by atoms with E-state index in [1.807, 2.05) is 0 Å². The van der Waals surface area contributed by atoms with Gasteiger partial charge in [0.05, 0.1) is 5.60 Å². The molecule has 8 heteroatoms. The number of amides is 1. The van der Waals surface area contributed by atoms with Crippen LogP contribution >= 0.6 is 0 Å². The molecule has 0 atom stereocenters. The summed E-state index contributed by atoms with van der Waals surface area (Å²) < 4.78 is 35.8. The summed E-state index contributed by atoms with van der Waals surface area (Å²) in [6.07, 6.45) is -0.420. The Bertz CT molecular complexity index is 468. The molecule has 124 valence electrons. The molecule has 1 amide bonds. The Hall–Kier alpha value is -0.860. The highest BCUT2D eigenvalue weighted by atomic mass is 32.2. The minimum atomic E-state index is -3.77. The Kier molecular flexibility index (Phi) is 5.28. The number of rotatable bonds is 2. The first-order valence-electron chi connectivity index (χ1n) is 6.99. The summed E-state index contributed by atoms with van der Waals surface area (Å²) in [6, 6.07) is 0. The largest absolute Gasteiger partial charge is 0.444 e. The van der Waals surface area contributed by atoms with Crippen LogP contribution in [0.2, 0.25) is 0 Å². The third-order valence-electron chi connectivity index (χ3n) is 2.56. The summed E-state index contributed by atoms with van der Waals surface area (Å²) in [7, 11) is -3.77. The minimum absolute atomic E-state index is 0.206. The Balaban J connectivity index is 2.58. The Morgan fingerprint density at radius 1 is 0.905 bits per heavy atom. The first-order valence-corrected chi connectivity index (χ1v) is 8.35. The van der Waals surface area contributed by atoms with E-state index in [1.54, 1.807) is 41.5 Å². The number of piperazine rings is 1. The molecular weight excluding hydrogens is 296 g/mol. The van der Waals surface area contributed by atoms with Crippen LogP contribution in [0.1, 0.15) is 41.5 Å². The standard InChI is InChI=1S/C13H26N2O5S/c1-12(2,3)19-11(16)14-7-9-15(10-8-14)21(17,18)20-13(4,5)6/h7-10H2,1-6H3. The Labute approximate surface area is 127 Å². The van der Waals surface area contributed by atoms with Crippen molar-refractivity contribution in [3.63, 3.8) is 0 Å². The molecule has 1 fully saturated rings. The molecular formula is C13H26N2O5S. The van der Waals surface area contributed by atoms with Crippen LogP contribution in [0, 0.1) is 0 Å². The molecule has 0 spiro atoms. The Morgan fingerprint density at radius 3 is 1.76 bits per heavy atom. The van der Waals surface area contributed by atoms with Crippen LogP contribution < -0.4 is 0 Å². The van der Waals surface area contributed by atoms with Gasteiger partial charge in [-0.1, -0.05) is 0 Å². The third kappa shape index (κ3) is 6.19. The predicted octanol–water partition coefficient (Wildman–Crippen LogP) is 1.60. The lowest BCUT2D eigenvalue weighted by Crippen LogP contribution is -2.52. The highest BCUT2D eigenvalue weighted by molar-refractivity contribution is 7.84. The van der Waals surface area contributed by atoms with E-state index < -0.39 is 27.6 Å². The second-order valence-electron chi connectivity index (χ2n) is 7.02. The van der Waals surface area contributed by atoms with Crippen LogP contribution in [0.25, 0.3) is 0 Å². The highest BCUT2D eigenvalue weighted by Crippen LogP contribution is 2.18. The van der Waals surface area contributed by atoms with Crippen LogP contribution in [0.3, 0.4) is 0 Å². The molecule has 0 unspecified atom stereocenters. The van der Waals surface area contributed by atoms with Gasteiger partial charge in [0, 0.05) is 26.2 Å². The summed E-state index contributed by atoms with van der Waals surface area (Å²) in [5.41, 5.74) is -1.34. The van der Waals surface area contributed by atoms with E-state index in [0.717, 1.165) is 0 Å². The van der Waals surface area contributed by atoms with E-state index in [0.29, 0.717) is 13.1 Å². The maximum Gasteiger partial charge on any atom is 0.410 e. The zero-order valence-electron chi connectivity index (χ0n) is 13.7. The fourth-order valence-electron chi connectivity index (χ4n) is 1.79. The zero-order valence-corrected chi connectivity index (χ0v) is 14.5. The number of carbonyl (C=O) groups is 1. The van der Waals surface area contributed by atoms with Crippen molar-refractivity contribution in [3.05, 3.63) is 0 Å². The lowest BCUT2D eigenvalue weighted by atomic mass is 10.2. The topological polar surface area (TPSA) is 76.2 Å². The number of ether oxygens (including phenoxy) is 1. The highest BCUT2D eigenvalue weighted by Gasteiger charge is 2.33. The first kappa shape index (κ1) is 18.2. The van der Waals surface area contributed by atoms with Gasteiger partial charge in [0.2, 0.25) is 0 Å². The Morgan fingerprint density at radius 2 is 1.38 bits per heavy atom. The van der Waals surface area contributed by atoms with Gasteiger partial charge >= 0.3 is 16.4 Å². The molecule has 1 rings (SSSR count). The molecule has 0 N–H and O–H groups in total. The molecule has 0 bridgehead atoms. The maximum atomic E-state index is 12.1. The maximum absolute atomic E-state index is 12.1. The number of nitrogens with zero attached hydrogens (tertiary/aromatic N) is 2. The number of hydrogen-bond donors (Lipinski definition) is 0. The van der Waals surface area contributed by atoms with E-state index in [4.69, 9.17) is 8.92 Å². The summed E-state index contributed by atoms with van der Waals surface area (Å²) >= 11 is 0. The molecule has 21 heavy (non-hydrogen) atoms. The second kappa shape index (κ2) is 6.10. The van der Waals surface area contributed by atoms with Crippen molar-refractivity contribution in [3.8, 4) is 0 Å². The summed E-state index contributed by atoms with van der Waals surface area (Å²) in [4.78, 5) is 13.4. The van der Waals surface area contributed by atoms with E-state index >= 15 is 0 Å². The predicted molar refractivity (Wildman–Crippen MR) is 79.1 cm³/mol. The molecule has 7 nitrogen and oxygen atoms in total. The van der Waals surface area contributed by atoms with E-state index in [-0.39, 0.29) is 13.1 Å². The van der Waals surface area contributed by atoms with E-state index in [2.05, 4.69) is 0 Å². The lowest BCUT2D eigenvalue weighted by Gasteiger charge is -2.35. The lowest BCUT2D eigenvalue weighted by molar-refractivity contribution is 0.0176. The van der Waals surface area contributed by atoms with Crippen molar-refractivity contribution < 1.29 is 22.1 Å². The van der Waals surface area contributed by atoms with Gasteiger partial charge in [-0.2, -0.15) is 12.7 Å². The van der Waals surface area contributed by atoms with Crippen LogP contribution in [-0.2, 0) is 19.2 Å². The van der Waals surface area contributed by atoms with Crippen molar-refractivity contribution in [1.82, 2.24) is 9.21 Å². The molecule has 0 aliphatic carbocycles. The van der Waals surface area contributed by atoms with Crippen molar-refractivity contribution in [2.75, 3.05) is 26.2 Å². The van der Waals surface area contributed by atoms with Crippen molar-refractivity contribution >= 4 is 16.4 Å². The molecule has 0 radical (unpaired) electrons. The molecule has 0 aromatic heterocycles. The van der Waals surface area contributed by atoms with Gasteiger partial charge in [-0.3, -0.25) is 4.18 Å². The van der Waals surface area contributed by atoms with Gasteiger partial charge < -0.3 is 9.64 Å². The molecule has 1 heterocycles. The normalized spacial score (nSPS) is 18.7. The van der Waals surface area contributed by atoms with Gasteiger partial charge in [0.25, 0.3) is 0 Å². The SMILES string of the molecule is CC(C)(C)OC(=O)N1CCN(S(=O)(=O)OC(C)(C)C)CC1. The van der Waals surface area contributed by atoms with Gasteiger partial charge in [0.1, 0.15) is 5.60 Å². The van der Waals surface area contributed by atoms with Crippen LogP contribution in [-0.4, -0.2) is 61.1 Å². The monoisotopic (exact) mass is 322 g/mol. The van der Waals surface area contributed by atoms with Crippen LogP contribution in [0.15, 0.2) is 0 Å². The molecule has 1 saturated heterocycles. The van der Waals surface area contributed by atoms with Gasteiger partial charge in [-0.15, -0.1) is 0 Å².